The lowest BCUT2D eigenvalue weighted by atomic mass is 9.83. The van der Waals surface area contributed by atoms with Crippen LogP contribution in [0.25, 0.3) is 0 Å². The third-order valence-electron chi connectivity index (χ3n) is 4.74. The van der Waals surface area contributed by atoms with Gasteiger partial charge in [-0.1, -0.05) is 30.3 Å². The molecule has 2 aliphatic heterocycles. The average Bonchev–Trinajstić information content (AvgIpc) is 3.04. The number of hydrogen-bond acceptors (Lipinski definition) is 2. The standard InChI is InChI=1S/C17H22N2O2/c1-18-15(20)10-9-14(17(21)19-11-5-6-12-19)16(18)13-7-3-2-4-8-13/h2-4,7-8,14,16H,5-6,9-12H2,1H3/t14-,16-/m1/s1. The first kappa shape index (κ1) is 14.1. The maximum absolute atomic E-state index is 12.8. The van der Waals surface area contributed by atoms with Gasteiger partial charge in [-0.2, -0.15) is 0 Å². The minimum Gasteiger partial charge on any atom is -0.342 e. The number of likely N-dealkylation sites (tertiary alicyclic amines) is 2. The molecule has 0 aliphatic carbocycles. The number of piperidine rings is 1. The van der Waals surface area contributed by atoms with Crippen molar-refractivity contribution in [3.8, 4) is 0 Å². The number of rotatable bonds is 2. The molecule has 0 spiro atoms. The molecule has 4 heteroatoms. The van der Waals surface area contributed by atoms with Crippen LogP contribution in [0.1, 0.15) is 37.3 Å². The molecule has 2 heterocycles. The van der Waals surface area contributed by atoms with E-state index in [0.717, 1.165) is 31.5 Å². The number of amides is 2. The van der Waals surface area contributed by atoms with Gasteiger partial charge in [0.05, 0.1) is 12.0 Å². The first-order valence-corrected chi connectivity index (χ1v) is 7.78. The van der Waals surface area contributed by atoms with Crippen LogP contribution in [0.3, 0.4) is 0 Å². The van der Waals surface area contributed by atoms with E-state index < -0.39 is 0 Å². The van der Waals surface area contributed by atoms with Gasteiger partial charge in [0, 0.05) is 26.6 Å². The lowest BCUT2D eigenvalue weighted by Gasteiger charge is -2.40. The molecule has 4 nitrogen and oxygen atoms in total. The highest BCUT2D eigenvalue weighted by Gasteiger charge is 2.40. The molecule has 112 valence electrons. The van der Waals surface area contributed by atoms with E-state index in [1.165, 1.54) is 0 Å². The Kier molecular flexibility index (Phi) is 3.95. The monoisotopic (exact) mass is 286 g/mol. The summed E-state index contributed by atoms with van der Waals surface area (Å²) in [6, 6.07) is 9.82. The molecule has 0 N–H and O–H groups in total. The van der Waals surface area contributed by atoms with E-state index in [9.17, 15) is 9.59 Å². The fraction of sp³-hybridized carbons (Fsp3) is 0.529. The molecule has 2 aliphatic rings. The van der Waals surface area contributed by atoms with Gasteiger partial charge in [-0.3, -0.25) is 9.59 Å². The SMILES string of the molecule is CN1C(=O)CC[C@@H](C(=O)N2CCCC2)[C@H]1c1ccccc1. The fourth-order valence-electron chi connectivity index (χ4n) is 3.57. The number of hydrogen-bond donors (Lipinski definition) is 0. The number of carbonyl (C=O) groups is 2. The van der Waals surface area contributed by atoms with Crippen LogP contribution in [0, 0.1) is 5.92 Å². The maximum atomic E-state index is 12.8. The van der Waals surface area contributed by atoms with E-state index in [0.29, 0.717) is 12.8 Å². The van der Waals surface area contributed by atoms with E-state index in [1.54, 1.807) is 4.90 Å². The molecule has 1 aromatic carbocycles. The van der Waals surface area contributed by atoms with Crippen LogP contribution in [0.5, 0.6) is 0 Å². The fourth-order valence-corrected chi connectivity index (χ4v) is 3.57. The van der Waals surface area contributed by atoms with Crippen molar-refractivity contribution in [3.63, 3.8) is 0 Å². The van der Waals surface area contributed by atoms with Crippen molar-refractivity contribution in [1.82, 2.24) is 9.80 Å². The first-order valence-electron chi connectivity index (χ1n) is 7.78. The Morgan fingerprint density at radius 1 is 1.14 bits per heavy atom. The molecule has 2 atom stereocenters. The molecule has 0 bridgehead atoms. The summed E-state index contributed by atoms with van der Waals surface area (Å²) in [6.45, 7) is 1.74. The van der Waals surface area contributed by atoms with E-state index in [2.05, 4.69) is 0 Å². The van der Waals surface area contributed by atoms with Crippen LogP contribution >= 0.6 is 0 Å². The summed E-state index contributed by atoms with van der Waals surface area (Å²) in [5.41, 5.74) is 1.06. The van der Waals surface area contributed by atoms with Crippen molar-refractivity contribution in [2.24, 2.45) is 5.92 Å². The highest BCUT2D eigenvalue weighted by atomic mass is 16.2. The smallest absolute Gasteiger partial charge is 0.228 e. The third-order valence-corrected chi connectivity index (χ3v) is 4.74. The van der Waals surface area contributed by atoms with Crippen molar-refractivity contribution in [2.75, 3.05) is 20.1 Å². The first-order chi connectivity index (χ1) is 10.2. The number of benzene rings is 1. The lowest BCUT2D eigenvalue weighted by molar-refractivity contribution is -0.146. The Morgan fingerprint density at radius 3 is 2.48 bits per heavy atom. The minimum atomic E-state index is -0.124. The second-order valence-corrected chi connectivity index (χ2v) is 6.04. The van der Waals surface area contributed by atoms with Crippen molar-refractivity contribution in [1.29, 1.82) is 0 Å². The van der Waals surface area contributed by atoms with Gasteiger partial charge < -0.3 is 9.80 Å². The summed E-state index contributed by atoms with van der Waals surface area (Å²) in [4.78, 5) is 28.6. The molecule has 1 aromatic rings. The van der Waals surface area contributed by atoms with Crippen LogP contribution in [0.2, 0.25) is 0 Å². The Hall–Kier alpha value is -1.84. The molecule has 21 heavy (non-hydrogen) atoms. The Balaban J connectivity index is 1.89. The zero-order valence-electron chi connectivity index (χ0n) is 12.5. The van der Waals surface area contributed by atoms with Gasteiger partial charge in [0.25, 0.3) is 0 Å². The van der Waals surface area contributed by atoms with E-state index in [4.69, 9.17) is 0 Å². The Morgan fingerprint density at radius 2 is 1.81 bits per heavy atom. The molecule has 2 saturated heterocycles. The normalized spacial score (nSPS) is 26.2. The topological polar surface area (TPSA) is 40.6 Å². The summed E-state index contributed by atoms with van der Waals surface area (Å²) in [5, 5.41) is 0. The van der Waals surface area contributed by atoms with Gasteiger partial charge in [0.15, 0.2) is 0 Å². The van der Waals surface area contributed by atoms with Gasteiger partial charge in [-0.05, 0) is 24.8 Å². The van der Waals surface area contributed by atoms with Crippen LogP contribution < -0.4 is 0 Å². The van der Waals surface area contributed by atoms with Crippen LogP contribution in [0.4, 0.5) is 0 Å². The van der Waals surface area contributed by atoms with Gasteiger partial charge in [-0.25, -0.2) is 0 Å². The molecule has 0 aromatic heterocycles. The molecule has 3 rings (SSSR count). The van der Waals surface area contributed by atoms with Gasteiger partial charge >= 0.3 is 0 Å². The quantitative estimate of drug-likeness (QED) is 0.836. The molecule has 0 radical (unpaired) electrons. The molecule has 2 amide bonds. The second kappa shape index (κ2) is 5.88. The number of carbonyl (C=O) groups excluding carboxylic acids is 2. The average molecular weight is 286 g/mol. The molecule has 0 saturated carbocycles. The summed E-state index contributed by atoms with van der Waals surface area (Å²) in [5.74, 6) is 0.253. The minimum absolute atomic E-state index is 0.104. The van der Waals surface area contributed by atoms with E-state index in [-0.39, 0.29) is 23.8 Å². The third kappa shape index (κ3) is 2.67. The Labute approximate surface area is 125 Å². The van der Waals surface area contributed by atoms with Crippen molar-refractivity contribution in [2.45, 2.75) is 31.7 Å². The lowest BCUT2D eigenvalue weighted by Crippen LogP contribution is -2.47. The van der Waals surface area contributed by atoms with E-state index in [1.807, 2.05) is 42.3 Å². The highest BCUT2D eigenvalue weighted by molar-refractivity contribution is 5.85. The Bertz CT molecular complexity index is 523. The van der Waals surface area contributed by atoms with Gasteiger partial charge in [-0.15, -0.1) is 0 Å². The zero-order chi connectivity index (χ0) is 14.8. The van der Waals surface area contributed by atoms with Gasteiger partial charge in [0.2, 0.25) is 11.8 Å². The molecule has 2 fully saturated rings. The van der Waals surface area contributed by atoms with Crippen molar-refractivity contribution >= 4 is 11.8 Å². The predicted molar refractivity (Wildman–Crippen MR) is 80.5 cm³/mol. The van der Waals surface area contributed by atoms with Crippen molar-refractivity contribution < 1.29 is 9.59 Å². The summed E-state index contributed by atoms with van der Waals surface area (Å²) in [7, 11) is 1.82. The van der Waals surface area contributed by atoms with Crippen LogP contribution in [0.15, 0.2) is 30.3 Å². The molecular weight excluding hydrogens is 264 g/mol. The molecule has 0 unspecified atom stereocenters. The molecular formula is C17H22N2O2. The highest BCUT2D eigenvalue weighted by Crippen LogP contribution is 2.37. The van der Waals surface area contributed by atoms with E-state index >= 15 is 0 Å². The largest absolute Gasteiger partial charge is 0.342 e. The maximum Gasteiger partial charge on any atom is 0.228 e. The van der Waals surface area contributed by atoms with Crippen LogP contribution in [-0.2, 0) is 9.59 Å². The summed E-state index contributed by atoms with van der Waals surface area (Å²) < 4.78 is 0. The second-order valence-electron chi connectivity index (χ2n) is 6.04. The zero-order valence-corrected chi connectivity index (χ0v) is 12.5. The summed E-state index contributed by atoms with van der Waals surface area (Å²) >= 11 is 0. The number of nitrogens with zero attached hydrogens (tertiary/aromatic N) is 2. The summed E-state index contributed by atoms with van der Waals surface area (Å²) in [6.07, 6.45) is 3.34. The van der Waals surface area contributed by atoms with Crippen molar-refractivity contribution in [3.05, 3.63) is 35.9 Å². The predicted octanol–water partition coefficient (Wildman–Crippen LogP) is 2.22. The van der Waals surface area contributed by atoms with Crippen LogP contribution in [-0.4, -0.2) is 41.8 Å². The van der Waals surface area contributed by atoms with Gasteiger partial charge in [0.1, 0.15) is 0 Å².